The zero-order chi connectivity index (χ0) is 26.5. The Morgan fingerprint density at radius 3 is 2.74 bits per heavy atom. The van der Waals surface area contributed by atoms with Crippen LogP contribution in [0.2, 0.25) is 0 Å². The lowest BCUT2D eigenvalue weighted by atomic mass is 9.98. The summed E-state index contributed by atoms with van der Waals surface area (Å²) in [6.07, 6.45) is 6.27. The van der Waals surface area contributed by atoms with Gasteiger partial charge in [0, 0.05) is 30.5 Å². The van der Waals surface area contributed by atoms with Crippen LogP contribution in [-0.4, -0.2) is 59.0 Å². The van der Waals surface area contributed by atoms with Crippen molar-refractivity contribution in [3.8, 4) is 17.1 Å². The third kappa shape index (κ3) is 4.73. The second kappa shape index (κ2) is 9.68. The molecule has 1 aromatic carbocycles. The fourth-order valence-electron chi connectivity index (χ4n) is 5.71. The van der Waals surface area contributed by atoms with Gasteiger partial charge in [-0.05, 0) is 74.8 Å². The van der Waals surface area contributed by atoms with Crippen LogP contribution in [0.4, 0.5) is 17.1 Å². The lowest BCUT2D eigenvalue weighted by Crippen LogP contribution is -2.40. The van der Waals surface area contributed by atoms with Crippen LogP contribution in [0.1, 0.15) is 41.7 Å². The van der Waals surface area contributed by atoms with Gasteiger partial charge >= 0.3 is 0 Å². The molecule has 2 N–H and O–H groups in total. The Hall–Kier alpha value is -3.92. The molecule has 1 saturated heterocycles. The Morgan fingerprint density at radius 1 is 1.08 bits per heavy atom. The highest BCUT2D eigenvalue weighted by Crippen LogP contribution is 2.41. The van der Waals surface area contributed by atoms with Gasteiger partial charge in [-0.1, -0.05) is 0 Å². The van der Waals surface area contributed by atoms with Gasteiger partial charge in [-0.15, -0.1) is 0 Å². The third-order valence-electron chi connectivity index (χ3n) is 8.05. The molecule has 39 heavy (non-hydrogen) atoms. The first-order valence-corrected chi connectivity index (χ1v) is 13.8. The van der Waals surface area contributed by atoms with Gasteiger partial charge in [-0.3, -0.25) is 9.78 Å². The number of nitrogens with zero attached hydrogens (tertiary/aromatic N) is 5. The summed E-state index contributed by atoms with van der Waals surface area (Å²) in [5.41, 5.74) is 5.69. The molecule has 2 fully saturated rings. The molecular weight excluding hydrogens is 494 g/mol. The van der Waals surface area contributed by atoms with Gasteiger partial charge in [-0.25, -0.2) is 4.68 Å². The van der Waals surface area contributed by atoms with Crippen LogP contribution in [0.25, 0.3) is 11.3 Å². The maximum absolute atomic E-state index is 13.5. The van der Waals surface area contributed by atoms with E-state index in [9.17, 15) is 4.79 Å². The van der Waals surface area contributed by atoms with Crippen LogP contribution in [0.3, 0.4) is 0 Å². The SMILES string of the molecule is Cc1cc2cc(n1)-c1cnn(C)c1OCC(C1CC1)CCCN1/C(=N/C2=O)Nc2ccc(NC3COC3)cc21. The Bertz CT molecular complexity index is 1460. The Morgan fingerprint density at radius 2 is 1.95 bits per heavy atom. The van der Waals surface area contributed by atoms with Crippen LogP contribution in [0.5, 0.6) is 5.88 Å². The first-order chi connectivity index (χ1) is 19.0. The van der Waals surface area contributed by atoms with E-state index >= 15 is 0 Å². The molecule has 1 atom stereocenters. The number of guanidine groups is 1. The molecule has 10 nitrogen and oxygen atoms in total. The number of carbonyl (C=O) groups excluding carboxylic acids is 1. The summed E-state index contributed by atoms with van der Waals surface area (Å²) in [5, 5.41) is 11.4. The van der Waals surface area contributed by atoms with E-state index < -0.39 is 0 Å². The minimum Gasteiger partial charge on any atom is -0.477 e. The molecule has 1 saturated carbocycles. The maximum atomic E-state index is 13.5. The summed E-state index contributed by atoms with van der Waals surface area (Å²) in [6, 6.07) is 10.2. The van der Waals surface area contributed by atoms with Crippen molar-refractivity contribution in [2.75, 3.05) is 41.9 Å². The van der Waals surface area contributed by atoms with Gasteiger partial charge in [0.1, 0.15) is 0 Å². The fourth-order valence-corrected chi connectivity index (χ4v) is 5.71. The zero-order valence-electron chi connectivity index (χ0n) is 22.3. The number of fused-ring (bicyclic) bond motifs is 7. The van der Waals surface area contributed by atoms with Crippen molar-refractivity contribution < 1.29 is 14.3 Å². The van der Waals surface area contributed by atoms with Gasteiger partial charge < -0.3 is 25.0 Å². The largest absolute Gasteiger partial charge is 0.477 e. The van der Waals surface area contributed by atoms with Crippen molar-refractivity contribution in [2.45, 2.75) is 38.6 Å². The Labute approximate surface area is 227 Å². The molecule has 1 aliphatic carbocycles. The van der Waals surface area contributed by atoms with Crippen molar-refractivity contribution >= 4 is 28.9 Å². The molecule has 1 amide bonds. The van der Waals surface area contributed by atoms with E-state index in [1.807, 2.05) is 14.0 Å². The summed E-state index contributed by atoms with van der Waals surface area (Å²) in [5.74, 6) is 2.09. The van der Waals surface area contributed by atoms with E-state index in [0.717, 1.165) is 60.9 Å². The Balaban J connectivity index is 1.27. The predicted octanol–water partition coefficient (Wildman–Crippen LogP) is 4.23. The number of hydrogen-bond acceptors (Lipinski definition) is 8. The minimum atomic E-state index is -0.316. The van der Waals surface area contributed by atoms with Gasteiger partial charge in [-0.2, -0.15) is 10.1 Å². The average molecular weight is 528 g/mol. The summed E-state index contributed by atoms with van der Waals surface area (Å²) in [7, 11) is 1.88. The molecule has 4 aliphatic rings. The average Bonchev–Trinajstić information content (AvgIpc) is 3.60. The highest BCUT2D eigenvalue weighted by atomic mass is 16.5. The van der Waals surface area contributed by atoms with Gasteiger partial charge in [0.2, 0.25) is 11.8 Å². The number of aromatic nitrogens is 3. The van der Waals surface area contributed by atoms with Crippen molar-refractivity contribution in [3.05, 3.63) is 47.8 Å². The monoisotopic (exact) mass is 527 g/mol. The molecule has 0 radical (unpaired) electrons. The van der Waals surface area contributed by atoms with E-state index in [2.05, 4.69) is 43.8 Å². The number of pyridine rings is 1. The van der Waals surface area contributed by atoms with E-state index in [1.165, 1.54) is 12.8 Å². The number of hydrogen-bond donors (Lipinski definition) is 2. The summed E-state index contributed by atoms with van der Waals surface area (Å²) in [4.78, 5) is 25.0. The highest BCUT2D eigenvalue weighted by Gasteiger charge is 2.33. The quantitative estimate of drug-likeness (QED) is 0.521. The summed E-state index contributed by atoms with van der Waals surface area (Å²) < 4.78 is 13.5. The number of benzene rings is 1. The predicted molar refractivity (Wildman–Crippen MR) is 150 cm³/mol. The first kappa shape index (κ1) is 24.1. The van der Waals surface area contributed by atoms with E-state index in [1.54, 1.807) is 23.0 Å². The second-order valence-corrected chi connectivity index (χ2v) is 11.0. The number of rotatable bonds is 3. The van der Waals surface area contributed by atoms with Crippen LogP contribution in [0.15, 0.2) is 41.5 Å². The number of nitrogens with one attached hydrogen (secondary N) is 2. The molecule has 1 unspecified atom stereocenters. The number of amides is 1. The zero-order valence-corrected chi connectivity index (χ0v) is 22.3. The van der Waals surface area contributed by atoms with Crippen molar-refractivity contribution in [1.29, 1.82) is 0 Å². The minimum absolute atomic E-state index is 0.316. The second-order valence-electron chi connectivity index (χ2n) is 11.0. The highest BCUT2D eigenvalue weighted by molar-refractivity contribution is 6.19. The molecule has 5 heterocycles. The number of aliphatic imine (C=N–C) groups is 1. The van der Waals surface area contributed by atoms with E-state index in [4.69, 9.17) is 14.5 Å². The molecule has 7 rings (SSSR count). The summed E-state index contributed by atoms with van der Waals surface area (Å²) >= 11 is 0. The molecule has 3 aliphatic heterocycles. The van der Waals surface area contributed by atoms with E-state index in [0.29, 0.717) is 47.6 Å². The van der Waals surface area contributed by atoms with Gasteiger partial charge in [0.25, 0.3) is 5.91 Å². The van der Waals surface area contributed by atoms with Gasteiger partial charge in [0.05, 0.1) is 54.7 Å². The normalized spacial score (nSPS) is 22.6. The van der Waals surface area contributed by atoms with E-state index in [-0.39, 0.29) is 5.91 Å². The number of carbonyl (C=O) groups is 1. The lowest BCUT2D eigenvalue weighted by Gasteiger charge is -2.28. The molecule has 202 valence electrons. The van der Waals surface area contributed by atoms with Crippen molar-refractivity contribution in [2.24, 2.45) is 23.9 Å². The van der Waals surface area contributed by atoms with Crippen LogP contribution in [-0.2, 0) is 11.8 Å². The van der Waals surface area contributed by atoms with Crippen molar-refractivity contribution in [3.63, 3.8) is 0 Å². The fraction of sp³-hybridized carbons (Fsp3) is 0.448. The molecule has 0 spiro atoms. The molecule has 2 aromatic heterocycles. The number of aryl methyl sites for hydroxylation is 2. The number of anilines is 3. The molecule has 2 bridgehead atoms. The van der Waals surface area contributed by atoms with Crippen LogP contribution < -0.4 is 20.3 Å². The smallest absolute Gasteiger partial charge is 0.280 e. The third-order valence-corrected chi connectivity index (χ3v) is 8.05. The molecule has 10 heteroatoms. The van der Waals surface area contributed by atoms with Gasteiger partial charge in [0.15, 0.2) is 0 Å². The first-order valence-electron chi connectivity index (χ1n) is 13.8. The van der Waals surface area contributed by atoms with Crippen LogP contribution >= 0.6 is 0 Å². The maximum Gasteiger partial charge on any atom is 0.280 e. The topological polar surface area (TPSA) is 106 Å². The lowest BCUT2D eigenvalue weighted by molar-refractivity contribution is 0.0211. The van der Waals surface area contributed by atoms with Crippen LogP contribution in [0, 0.1) is 18.8 Å². The number of ether oxygens (including phenoxy) is 2. The molecular formula is C29H33N7O3. The Kier molecular flexibility index (Phi) is 5.99. The molecule has 3 aromatic rings. The van der Waals surface area contributed by atoms with Crippen molar-refractivity contribution in [1.82, 2.24) is 14.8 Å². The summed E-state index contributed by atoms with van der Waals surface area (Å²) in [6.45, 7) is 4.72. The standard InChI is InChI=1S/C29H33N7O3/c1-17-10-20-11-25(31-17)23-13-30-35(2)28(23)39-14-19(18-5-6-18)4-3-9-36-26-12-21(32-22-15-38-16-22)7-8-24(26)33-29(36)34-27(20)37/h7-8,10-13,18-19,22,32H,3-6,9,14-16H2,1-2H3,(H,33,34,37).